The lowest BCUT2D eigenvalue weighted by atomic mass is 10.1. The molecule has 2 aromatic rings. The number of ether oxygens (including phenoxy) is 1. The summed E-state index contributed by atoms with van der Waals surface area (Å²) in [5, 5.41) is 5.24. The van der Waals surface area contributed by atoms with Gasteiger partial charge in [0.05, 0.1) is 7.11 Å². The number of halogens is 1. The predicted octanol–water partition coefficient (Wildman–Crippen LogP) is 2.11. The van der Waals surface area contributed by atoms with Gasteiger partial charge in [0.1, 0.15) is 5.69 Å². The number of methoxy groups -OCH3 is 1. The number of Topliss-reactive ketones (excluding diaryl/α,β-unsaturated/α-hetero) is 1. The molecule has 0 amide bonds. The minimum atomic E-state index is -0.478. The van der Waals surface area contributed by atoms with Crippen LogP contribution in [0.25, 0.3) is 0 Å². The van der Waals surface area contributed by atoms with Crippen LogP contribution in [0.15, 0.2) is 23.6 Å². The molecule has 0 fully saturated rings. The maximum absolute atomic E-state index is 13.4. The average Bonchev–Trinajstić information content (AvgIpc) is 2.82. The molecule has 0 spiro atoms. The molecule has 0 aliphatic rings. The van der Waals surface area contributed by atoms with Gasteiger partial charge < -0.3 is 4.74 Å². The number of carbonyl (C=O) groups excluding carboxylic acids is 1. The summed E-state index contributed by atoms with van der Waals surface area (Å²) < 4.78 is 21.8. The zero-order valence-corrected chi connectivity index (χ0v) is 9.83. The lowest BCUT2D eigenvalue weighted by Crippen LogP contribution is -2.04. The highest BCUT2D eigenvalue weighted by Gasteiger charge is 2.11. The fraction of sp³-hybridized carbons (Fsp3) is 0.182. The maximum Gasteiger partial charge on any atom is 0.188 e. The van der Waals surface area contributed by atoms with E-state index in [4.69, 9.17) is 4.74 Å². The van der Waals surface area contributed by atoms with Crippen molar-refractivity contribution in [3.8, 4) is 5.75 Å². The number of carbonyl (C=O) groups is 1. The van der Waals surface area contributed by atoms with E-state index in [9.17, 15) is 9.18 Å². The molecule has 1 aromatic heterocycles. The number of benzene rings is 1. The standard InChI is InChI=1S/C11H9FN2O2S/c1-16-11-3-2-7(4-8(11)12)5-10(15)9-6-17-14-13-9/h2-4,6H,5H2,1H3. The minimum Gasteiger partial charge on any atom is -0.494 e. The number of nitrogens with zero attached hydrogens (tertiary/aromatic N) is 2. The Hall–Kier alpha value is -1.82. The van der Waals surface area contributed by atoms with Crippen LogP contribution in [0.4, 0.5) is 4.39 Å². The topological polar surface area (TPSA) is 52.1 Å². The van der Waals surface area contributed by atoms with Gasteiger partial charge in [-0.25, -0.2) is 4.39 Å². The first-order valence-electron chi connectivity index (χ1n) is 4.83. The first-order valence-corrected chi connectivity index (χ1v) is 5.67. The first-order chi connectivity index (χ1) is 8.20. The van der Waals surface area contributed by atoms with Gasteiger partial charge in [-0.1, -0.05) is 10.6 Å². The largest absolute Gasteiger partial charge is 0.494 e. The molecule has 0 aliphatic heterocycles. The van der Waals surface area contributed by atoms with Crippen molar-refractivity contribution < 1.29 is 13.9 Å². The van der Waals surface area contributed by atoms with Crippen molar-refractivity contribution in [1.29, 1.82) is 0 Å². The Kier molecular flexibility index (Phi) is 3.43. The van der Waals surface area contributed by atoms with Crippen molar-refractivity contribution in [1.82, 2.24) is 9.59 Å². The third-order valence-corrected chi connectivity index (χ3v) is 2.73. The molecule has 0 unspecified atom stereocenters. The Balaban J connectivity index is 2.14. The van der Waals surface area contributed by atoms with E-state index in [2.05, 4.69) is 9.59 Å². The normalized spacial score (nSPS) is 10.2. The highest BCUT2D eigenvalue weighted by molar-refractivity contribution is 7.03. The zero-order valence-electron chi connectivity index (χ0n) is 9.01. The van der Waals surface area contributed by atoms with Crippen LogP contribution in [0, 0.1) is 5.82 Å². The van der Waals surface area contributed by atoms with Crippen LogP contribution in [0.2, 0.25) is 0 Å². The van der Waals surface area contributed by atoms with E-state index in [1.165, 1.54) is 19.2 Å². The van der Waals surface area contributed by atoms with E-state index in [1.807, 2.05) is 0 Å². The van der Waals surface area contributed by atoms with E-state index >= 15 is 0 Å². The SMILES string of the molecule is COc1ccc(CC(=O)c2csnn2)cc1F. The fourth-order valence-electron chi connectivity index (χ4n) is 1.38. The Morgan fingerprint density at radius 1 is 1.53 bits per heavy atom. The molecular formula is C11H9FN2O2S. The van der Waals surface area contributed by atoms with Gasteiger partial charge in [0.2, 0.25) is 0 Å². The second-order valence-corrected chi connectivity index (χ2v) is 3.97. The van der Waals surface area contributed by atoms with Crippen LogP contribution in [0.3, 0.4) is 0 Å². The van der Waals surface area contributed by atoms with Crippen LogP contribution < -0.4 is 4.74 Å². The second kappa shape index (κ2) is 5.01. The van der Waals surface area contributed by atoms with Crippen LogP contribution in [-0.2, 0) is 6.42 Å². The average molecular weight is 252 g/mol. The summed E-state index contributed by atoms with van der Waals surface area (Å²) in [5.74, 6) is -0.492. The molecule has 88 valence electrons. The quantitative estimate of drug-likeness (QED) is 0.782. The van der Waals surface area contributed by atoms with Gasteiger partial charge in [-0.15, -0.1) is 5.10 Å². The fourth-order valence-corrected chi connectivity index (χ4v) is 1.84. The highest BCUT2D eigenvalue weighted by atomic mass is 32.1. The van der Waals surface area contributed by atoms with E-state index in [0.29, 0.717) is 11.3 Å². The Morgan fingerprint density at radius 2 is 2.35 bits per heavy atom. The molecule has 0 aliphatic carbocycles. The summed E-state index contributed by atoms with van der Waals surface area (Å²) in [6.07, 6.45) is 0.103. The first kappa shape index (κ1) is 11.7. The monoisotopic (exact) mass is 252 g/mol. The summed E-state index contributed by atoms with van der Waals surface area (Å²) in [5.41, 5.74) is 0.896. The van der Waals surface area contributed by atoms with Crippen LogP contribution in [-0.4, -0.2) is 22.5 Å². The smallest absolute Gasteiger partial charge is 0.188 e. The van der Waals surface area contributed by atoms with Crippen LogP contribution in [0.5, 0.6) is 5.75 Å². The van der Waals surface area contributed by atoms with E-state index in [0.717, 1.165) is 11.5 Å². The molecule has 0 saturated heterocycles. The Bertz CT molecular complexity index is 528. The third-order valence-electron chi connectivity index (χ3n) is 2.23. The lowest BCUT2D eigenvalue weighted by molar-refractivity contribution is 0.0988. The van der Waals surface area contributed by atoms with Crippen molar-refractivity contribution in [2.45, 2.75) is 6.42 Å². The molecule has 0 N–H and O–H groups in total. The van der Waals surface area contributed by atoms with Crippen molar-refractivity contribution >= 4 is 17.3 Å². The van der Waals surface area contributed by atoms with Gasteiger partial charge in [0, 0.05) is 11.8 Å². The molecule has 1 heterocycles. The second-order valence-electron chi connectivity index (χ2n) is 3.36. The van der Waals surface area contributed by atoms with E-state index < -0.39 is 5.82 Å². The Labute approximate surface area is 101 Å². The van der Waals surface area contributed by atoms with Crippen molar-refractivity contribution in [3.63, 3.8) is 0 Å². The number of hydrogen-bond donors (Lipinski definition) is 0. The summed E-state index contributed by atoms with van der Waals surface area (Å²) in [4.78, 5) is 11.7. The van der Waals surface area contributed by atoms with Gasteiger partial charge in [0.15, 0.2) is 17.3 Å². The Morgan fingerprint density at radius 3 is 2.94 bits per heavy atom. The van der Waals surface area contributed by atoms with Gasteiger partial charge >= 0.3 is 0 Å². The van der Waals surface area contributed by atoms with Crippen molar-refractivity contribution in [2.24, 2.45) is 0 Å². The summed E-state index contributed by atoms with van der Waals surface area (Å²) in [6, 6.07) is 4.44. The van der Waals surface area contributed by atoms with Crippen molar-refractivity contribution in [2.75, 3.05) is 7.11 Å². The summed E-state index contributed by atoms with van der Waals surface area (Å²) in [6.45, 7) is 0. The summed E-state index contributed by atoms with van der Waals surface area (Å²) >= 11 is 1.11. The molecule has 0 bridgehead atoms. The number of rotatable bonds is 4. The van der Waals surface area contributed by atoms with E-state index in [1.54, 1.807) is 11.4 Å². The molecule has 0 atom stereocenters. The molecule has 17 heavy (non-hydrogen) atoms. The van der Waals surface area contributed by atoms with Gasteiger partial charge in [0.25, 0.3) is 0 Å². The molecule has 0 radical (unpaired) electrons. The van der Waals surface area contributed by atoms with Gasteiger partial charge in [-0.2, -0.15) is 0 Å². The predicted molar refractivity (Wildman–Crippen MR) is 60.9 cm³/mol. The van der Waals surface area contributed by atoms with Crippen molar-refractivity contribution in [3.05, 3.63) is 40.7 Å². The molecular weight excluding hydrogens is 243 g/mol. The molecule has 2 rings (SSSR count). The van der Waals surface area contributed by atoms with Crippen LogP contribution >= 0.6 is 11.5 Å². The van der Waals surface area contributed by atoms with E-state index in [-0.39, 0.29) is 18.0 Å². The van der Waals surface area contributed by atoms with Crippen LogP contribution in [0.1, 0.15) is 16.1 Å². The molecule has 4 nitrogen and oxygen atoms in total. The highest BCUT2D eigenvalue weighted by Crippen LogP contribution is 2.18. The number of ketones is 1. The lowest BCUT2D eigenvalue weighted by Gasteiger charge is -2.03. The minimum absolute atomic E-state index is 0.103. The maximum atomic E-state index is 13.4. The number of aromatic nitrogens is 2. The number of hydrogen-bond acceptors (Lipinski definition) is 5. The van der Waals surface area contributed by atoms with Gasteiger partial charge in [-0.05, 0) is 29.2 Å². The molecule has 0 saturated carbocycles. The summed E-state index contributed by atoms with van der Waals surface area (Å²) in [7, 11) is 1.39. The molecule has 6 heteroatoms. The molecule has 1 aromatic carbocycles. The zero-order chi connectivity index (χ0) is 12.3. The van der Waals surface area contributed by atoms with Gasteiger partial charge in [-0.3, -0.25) is 4.79 Å². The third kappa shape index (κ3) is 2.65.